The molecule has 0 aliphatic carbocycles. The molecular formula is C50H93NO5. The summed E-state index contributed by atoms with van der Waals surface area (Å²) in [5.74, 6) is -0.503. The molecule has 56 heavy (non-hydrogen) atoms. The van der Waals surface area contributed by atoms with Crippen LogP contribution in [-0.4, -0.2) is 46.9 Å². The lowest BCUT2D eigenvalue weighted by molar-refractivity contribution is -0.151. The zero-order valence-corrected chi connectivity index (χ0v) is 37.3. The molecule has 0 bridgehead atoms. The number of allylic oxidation sites excluding steroid dienone is 6. The Bertz CT molecular complexity index is 930. The molecule has 1 amide bonds. The normalized spacial score (nSPS) is 13.6. The average molecular weight is 788 g/mol. The highest BCUT2D eigenvalue weighted by Gasteiger charge is 2.24. The van der Waals surface area contributed by atoms with Crippen LogP contribution in [0.5, 0.6) is 0 Å². The van der Waals surface area contributed by atoms with Crippen LogP contribution in [-0.2, 0) is 14.3 Å². The number of hydrogen-bond donors (Lipinski definition) is 3. The van der Waals surface area contributed by atoms with Crippen molar-refractivity contribution in [2.75, 3.05) is 6.61 Å². The highest BCUT2D eigenvalue weighted by atomic mass is 16.5. The molecule has 0 aliphatic rings. The van der Waals surface area contributed by atoms with Crippen LogP contribution in [0.3, 0.4) is 0 Å². The lowest BCUT2D eigenvalue weighted by Gasteiger charge is -2.24. The van der Waals surface area contributed by atoms with Crippen molar-refractivity contribution < 1.29 is 24.5 Å². The van der Waals surface area contributed by atoms with Crippen LogP contribution in [0.1, 0.15) is 245 Å². The SMILES string of the molecule is CC/C=C/C/C=C/CCCCCCCC(CC(=O)NC(CO)C(O)CCCCCCCCCCCCCC)OC(=O)CCCCC/C=C\CCCCCCCC. The Balaban J connectivity index is 4.60. The summed E-state index contributed by atoms with van der Waals surface area (Å²) in [4.78, 5) is 26.0. The topological polar surface area (TPSA) is 95.9 Å². The van der Waals surface area contributed by atoms with Crippen molar-refractivity contribution in [2.24, 2.45) is 0 Å². The summed E-state index contributed by atoms with van der Waals surface area (Å²) in [5.41, 5.74) is 0. The molecule has 0 aromatic heterocycles. The minimum atomic E-state index is -0.791. The third-order valence-corrected chi connectivity index (χ3v) is 11.0. The van der Waals surface area contributed by atoms with Crippen LogP contribution in [0.4, 0.5) is 0 Å². The van der Waals surface area contributed by atoms with E-state index in [2.05, 4.69) is 62.5 Å². The van der Waals surface area contributed by atoms with E-state index in [0.29, 0.717) is 19.3 Å². The van der Waals surface area contributed by atoms with E-state index in [-0.39, 0.29) is 24.9 Å². The van der Waals surface area contributed by atoms with Crippen molar-refractivity contribution in [1.29, 1.82) is 0 Å². The molecule has 0 fully saturated rings. The third-order valence-electron chi connectivity index (χ3n) is 11.0. The number of esters is 1. The second-order valence-corrected chi connectivity index (χ2v) is 16.5. The molecule has 328 valence electrons. The third kappa shape index (κ3) is 38.9. The standard InChI is InChI=1S/C50H93NO5/c1-4-7-10-13-16-19-22-25-28-31-34-37-40-43-50(55)56-46(41-38-35-32-29-26-23-20-17-14-11-8-5-2)44-49(54)51-47(45-52)48(53)42-39-36-33-30-27-24-21-18-15-12-9-6-3/h8,11,17,20,25,28,46-48,52-53H,4-7,9-10,12-16,18-19,21-24,26-27,29-45H2,1-3H3,(H,51,54)/b11-8+,20-17+,28-25-. The van der Waals surface area contributed by atoms with Gasteiger partial charge in [-0.3, -0.25) is 9.59 Å². The molecule has 6 heteroatoms. The molecule has 0 radical (unpaired) electrons. The molecule has 3 N–H and O–H groups in total. The lowest BCUT2D eigenvalue weighted by atomic mass is 10.0. The fourth-order valence-electron chi connectivity index (χ4n) is 7.29. The van der Waals surface area contributed by atoms with Gasteiger partial charge < -0.3 is 20.3 Å². The van der Waals surface area contributed by atoms with Crippen molar-refractivity contribution in [2.45, 2.75) is 264 Å². The molecule has 3 unspecified atom stereocenters. The number of aliphatic hydroxyl groups is 2. The first-order valence-electron chi connectivity index (χ1n) is 24.2. The van der Waals surface area contributed by atoms with E-state index >= 15 is 0 Å². The molecule has 0 saturated heterocycles. The van der Waals surface area contributed by atoms with Gasteiger partial charge in [-0.1, -0.05) is 192 Å². The summed E-state index contributed by atoms with van der Waals surface area (Å²) in [7, 11) is 0. The Kier molecular flexibility index (Phi) is 42.7. The summed E-state index contributed by atoms with van der Waals surface area (Å²) < 4.78 is 5.90. The van der Waals surface area contributed by atoms with Crippen LogP contribution >= 0.6 is 0 Å². The molecule has 3 atom stereocenters. The van der Waals surface area contributed by atoms with Crippen molar-refractivity contribution in [1.82, 2.24) is 5.32 Å². The lowest BCUT2D eigenvalue weighted by Crippen LogP contribution is -2.46. The number of nitrogens with one attached hydrogen (secondary N) is 1. The number of unbranched alkanes of at least 4 members (excludes halogenated alkanes) is 25. The monoisotopic (exact) mass is 788 g/mol. The molecule has 0 spiro atoms. The van der Waals surface area contributed by atoms with Gasteiger partial charge in [-0.2, -0.15) is 0 Å². The maximum atomic E-state index is 13.1. The Morgan fingerprint density at radius 1 is 0.536 bits per heavy atom. The molecule has 6 nitrogen and oxygen atoms in total. The molecule has 0 aliphatic heterocycles. The summed E-state index contributed by atoms with van der Waals surface area (Å²) in [6, 6.07) is -0.705. The molecule has 0 rings (SSSR count). The van der Waals surface area contributed by atoms with Gasteiger partial charge in [0.2, 0.25) is 5.91 Å². The van der Waals surface area contributed by atoms with E-state index in [0.717, 1.165) is 83.5 Å². The van der Waals surface area contributed by atoms with Crippen molar-refractivity contribution in [3.8, 4) is 0 Å². The van der Waals surface area contributed by atoms with E-state index in [1.165, 1.54) is 116 Å². The van der Waals surface area contributed by atoms with Crippen LogP contribution in [0, 0.1) is 0 Å². The van der Waals surface area contributed by atoms with E-state index in [1.807, 2.05) is 0 Å². The van der Waals surface area contributed by atoms with Gasteiger partial charge in [0, 0.05) is 6.42 Å². The van der Waals surface area contributed by atoms with Crippen molar-refractivity contribution in [3.63, 3.8) is 0 Å². The second-order valence-electron chi connectivity index (χ2n) is 16.5. The van der Waals surface area contributed by atoms with Crippen LogP contribution < -0.4 is 5.32 Å². The number of ether oxygens (including phenoxy) is 1. The number of carbonyl (C=O) groups excluding carboxylic acids is 2. The first-order valence-corrected chi connectivity index (χ1v) is 24.2. The van der Waals surface area contributed by atoms with Gasteiger partial charge in [0.25, 0.3) is 0 Å². The van der Waals surface area contributed by atoms with Gasteiger partial charge in [-0.05, 0) is 77.0 Å². The summed E-state index contributed by atoms with van der Waals surface area (Å²) >= 11 is 0. The Morgan fingerprint density at radius 3 is 1.46 bits per heavy atom. The summed E-state index contributed by atoms with van der Waals surface area (Å²) in [6.07, 6.45) is 50.6. The van der Waals surface area contributed by atoms with E-state index in [4.69, 9.17) is 4.74 Å². The molecule has 0 aromatic carbocycles. The minimum Gasteiger partial charge on any atom is -0.462 e. The van der Waals surface area contributed by atoms with Gasteiger partial charge in [0.05, 0.1) is 25.2 Å². The fraction of sp³-hybridized carbons (Fsp3) is 0.840. The van der Waals surface area contributed by atoms with Crippen LogP contribution in [0.25, 0.3) is 0 Å². The molecule has 0 aromatic rings. The predicted molar refractivity (Wildman–Crippen MR) is 241 cm³/mol. The van der Waals surface area contributed by atoms with Crippen LogP contribution in [0.15, 0.2) is 36.5 Å². The van der Waals surface area contributed by atoms with Gasteiger partial charge in [-0.25, -0.2) is 0 Å². The Morgan fingerprint density at radius 2 is 0.964 bits per heavy atom. The second kappa shape index (κ2) is 44.2. The Hall–Kier alpha value is -1.92. The average Bonchev–Trinajstić information content (AvgIpc) is 3.19. The van der Waals surface area contributed by atoms with Gasteiger partial charge in [0.15, 0.2) is 0 Å². The van der Waals surface area contributed by atoms with E-state index in [9.17, 15) is 19.8 Å². The number of aliphatic hydroxyl groups excluding tert-OH is 2. The van der Waals surface area contributed by atoms with Gasteiger partial charge in [0.1, 0.15) is 6.10 Å². The number of hydrogen-bond acceptors (Lipinski definition) is 5. The molecule has 0 saturated carbocycles. The number of rotatable bonds is 43. The van der Waals surface area contributed by atoms with Gasteiger partial charge >= 0.3 is 5.97 Å². The maximum Gasteiger partial charge on any atom is 0.306 e. The van der Waals surface area contributed by atoms with Gasteiger partial charge in [-0.15, -0.1) is 0 Å². The summed E-state index contributed by atoms with van der Waals surface area (Å²) in [6.45, 7) is 6.36. The van der Waals surface area contributed by atoms with E-state index < -0.39 is 18.2 Å². The predicted octanol–water partition coefficient (Wildman–Crippen LogP) is 14.1. The molecule has 0 heterocycles. The fourth-order valence-corrected chi connectivity index (χ4v) is 7.29. The van der Waals surface area contributed by atoms with Crippen molar-refractivity contribution >= 4 is 11.9 Å². The Labute approximate surface area is 347 Å². The minimum absolute atomic E-state index is 0.0637. The number of carbonyl (C=O) groups is 2. The zero-order chi connectivity index (χ0) is 41.0. The highest BCUT2D eigenvalue weighted by molar-refractivity contribution is 5.77. The highest BCUT2D eigenvalue weighted by Crippen LogP contribution is 2.17. The number of amides is 1. The first kappa shape index (κ1) is 54.1. The smallest absolute Gasteiger partial charge is 0.306 e. The van der Waals surface area contributed by atoms with E-state index in [1.54, 1.807) is 0 Å². The first-order chi connectivity index (χ1) is 27.5. The molecular weight excluding hydrogens is 695 g/mol. The quantitative estimate of drug-likeness (QED) is 0.0325. The maximum absolute atomic E-state index is 13.1. The summed E-state index contributed by atoms with van der Waals surface area (Å²) in [5, 5.41) is 23.7. The van der Waals surface area contributed by atoms with Crippen LogP contribution in [0.2, 0.25) is 0 Å². The largest absolute Gasteiger partial charge is 0.462 e. The van der Waals surface area contributed by atoms with Crippen molar-refractivity contribution in [3.05, 3.63) is 36.5 Å². The zero-order valence-electron chi connectivity index (χ0n) is 37.3.